The quantitative estimate of drug-likeness (QED) is 0.807. The minimum absolute atomic E-state index is 0.0360. The highest BCUT2D eigenvalue weighted by Gasteiger charge is 2.31. The van der Waals surface area contributed by atoms with Gasteiger partial charge < -0.3 is 20.5 Å². The van der Waals surface area contributed by atoms with Crippen LogP contribution in [0.1, 0.15) is 24.8 Å². The summed E-state index contributed by atoms with van der Waals surface area (Å²) >= 11 is 0. The zero-order valence-corrected chi connectivity index (χ0v) is 10.8. The van der Waals surface area contributed by atoms with Gasteiger partial charge in [-0.2, -0.15) is 4.99 Å². The summed E-state index contributed by atoms with van der Waals surface area (Å²) in [5.41, 5.74) is 7.29. The van der Waals surface area contributed by atoms with Gasteiger partial charge in [0.25, 0.3) is 0 Å². The van der Waals surface area contributed by atoms with Gasteiger partial charge in [-0.1, -0.05) is 6.58 Å². The van der Waals surface area contributed by atoms with Crippen molar-refractivity contribution >= 4 is 17.5 Å². The third-order valence-corrected chi connectivity index (χ3v) is 3.61. The average Bonchev–Trinajstić information content (AvgIpc) is 3.01. The van der Waals surface area contributed by atoms with Crippen LogP contribution in [-0.2, 0) is 4.74 Å². The Kier molecular flexibility index (Phi) is 2.79. The molecule has 1 aromatic rings. The van der Waals surface area contributed by atoms with Gasteiger partial charge in [-0.15, -0.1) is 0 Å². The van der Waals surface area contributed by atoms with Crippen LogP contribution in [0.2, 0.25) is 0 Å². The third kappa shape index (κ3) is 1.82. The van der Waals surface area contributed by atoms with Crippen molar-refractivity contribution in [3.8, 4) is 0 Å². The number of fused-ring (bicyclic) bond motifs is 1. The van der Waals surface area contributed by atoms with E-state index in [2.05, 4.69) is 16.6 Å². The molecule has 3 rings (SSSR count). The molecule has 0 amide bonds. The molecule has 7 heteroatoms. The van der Waals surface area contributed by atoms with Crippen LogP contribution in [-0.4, -0.2) is 45.3 Å². The van der Waals surface area contributed by atoms with Gasteiger partial charge in [0.1, 0.15) is 11.9 Å². The maximum Gasteiger partial charge on any atom is 0.202 e. The molecule has 2 aliphatic heterocycles. The summed E-state index contributed by atoms with van der Waals surface area (Å²) in [5.74, 6) is 1.06. The van der Waals surface area contributed by atoms with E-state index < -0.39 is 0 Å². The summed E-state index contributed by atoms with van der Waals surface area (Å²) in [4.78, 5) is 10.4. The molecule has 0 spiro atoms. The third-order valence-electron chi connectivity index (χ3n) is 3.61. The molecule has 19 heavy (non-hydrogen) atoms. The van der Waals surface area contributed by atoms with Crippen molar-refractivity contribution in [1.82, 2.24) is 14.5 Å². The molecular weight excluding hydrogens is 246 g/mol. The molecule has 2 aliphatic rings. The maximum absolute atomic E-state index is 9.12. The van der Waals surface area contributed by atoms with Gasteiger partial charge >= 0.3 is 0 Å². The van der Waals surface area contributed by atoms with Gasteiger partial charge in [0.05, 0.1) is 24.7 Å². The first-order chi connectivity index (χ1) is 9.11. The average molecular weight is 263 g/mol. The summed E-state index contributed by atoms with van der Waals surface area (Å²) in [6.45, 7) is 4.00. The first-order valence-electron chi connectivity index (χ1n) is 6.22. The second-order valence-corrected chi connectivity index (χ2v) is 4.77. The molecule has 1 fully saturated rings. The number of ether oxygens (including phenoxy) is 1. The molecule has 1 aromatic heterocycles. The fraction of sp³-hybridized carbons (Fsp3) is 0.500. The summed E-state index contributed by atoms with van der Waals surface area (Å²) in [5, 5.41) is 9.12. The van der Waals surface area contributed by atoms with E-state index in [1.165, 1.54) is 0 Å². The summed E-state index contributed by atoms with van der Waals surface area (Å²) in [6.07, 6.45) is 3.08. The van der Waals surface area contributed by atoms with Gasteiger partial charge in [0.15, 0.2) is 5.82 Å². The Morgan fingerprint density at radius 1 is 1.58 bits per heavy atom. The lowest BCUT2D eigenvalue weighted by Crippen LogP contribution is -2.34. The fourth-order valence-electron chi connectivity index (χ4n) is 2.39. The van der Waals surface area contributed by atoms with Crippen molar-refractivity contribution in [3.05, 3.63) is 18.6 Å². The number of aliphatic imine (C=N–C) groups is 1. The minimum Gasteiger partial charge on any atom is -0.394 e. The van der Waals surface area contributed by atoms with E-state index in [4.69, 9.17) is 15.6 Å². The SMILES string of the molecule is C=C1c2ncn([C@H]3CC[C@@H](CO)O3)c2N=C(N)N1C. The van der Waals surface area contributed by atoms with Crippen molar-refractivity contribution in [1.29, 1.82) is 0 Å². The highest BCUT2D eigenvalue weighted by atomic mass is 16.5. The smallest absolute Gasteiger partial charge is 0.202 e. The summed E-state index contributed by atoms with van der Waals surface area (Å²) < 4.78 is 7.60. The molecule has 1 saturated heterocycles. The number of aromatic nitrogens is 2. The first kappa shape index (κ1) is 12.2. The molecule has 0 bridgehead atoms. The highest BCUT2D eigenvalue weighted by molar-refractivity contribution is 5.93. The van der Waals surface area contributed by atoms with Crippen molar-refractivity contribution in [2.24, 2.45) is 10.7 Å². The zero-order chi connectivity index (χ0) is 13.6. The van der Waals surface area contributed by atoms with E-state index in [9.17, 15) is 0 Å². The predicted octanol–water partition coefficient (Wildman–Crippen LogP) is 0.415. The zero-order valence-electron chi connectivity index (χ0n) is 10.8. The molecule has 0 aromatic carbocycles. The van der Waals surface area contributed by atoms with Crippen LogP contribution in [0.4, 0.5) is 5.82 Å². The number of hydrogen-bond donors (Lipinski definition) is 2. The standard InChI is InChI=1S/C12H17N5O2/c1-7-10-11(15-12(13)16(7)2)17(6-14-10)9-4-3-8(5-18)19-9/h6,8-9,18H,1,3-5H2,2H3,(H2,13,15)/t8-,9+/m0/s1. The maximum atomic E-state index is 9.12. The normalized spacial score (nSPS) is 26.5. The van der Waals surface area contributed by atoms with Crippen molar-refractivity contribution < 1.29 is 9.84 Å². The van der Waals surface area contributed by atoms with Gasteiger partial charge in [-0.25, -0.2) is 4.98 Å². The van der Waals surface area contributed by atoms with Crippen LogP contribution >= 0.6 is 0 Å². The number of aliphatic hydroxyl groups is 1. The lowest BCUT2D eigenvalue weighted by molar-refractivity contribution is -0.0216. The van der Waals surface area contributed by atoms with E-state index >= 15 is 0 Å². The van der Waals surface area contributed by atoms with Crippen LogP contribution in [0.3, 0.4) is 0 Å². The monoisotopic (exact) mass is 263 g/mol. The lowest BCUT2D eigenvalue weighted by Gasteiger charge is -2.25. The lowest BCUT2D eigenvalue weighted by atomic mass is 10.2. The second-order valence-electron chi connectivity index (χ2n) is 4.77. The van der Waals surface area contributed by atoms with Crippen LogP contribution in [0.25, 0.3) is 5.70 Å². The minimum atomic E-state index is -0.152. The van der Waals surface area contributed by atoms with Crippen LogP contribution in [0.15, 0.2) is 17.9 Å². The van der Waals surface area contributed by atoms with Crippen molar-refractivity contribution in [2.75, 3.05) is 13.7 Å². The van der Waals surface area contributed by atoms with Gasteiger partial charge in [0.2, 0.25) is 5.96 Å². The molecule has 0 unspecified atom stereocenters. The molecule has 0 saturated carbocycles. The van der Waals surface area contributed by atoms with Crippen LogP contribution in [0, 0.1) is 0 Å². The molecule has 2 atom stereocenters. The number of guanidine groups is 1. The molecule has 3 heterocycles. The molecule has 3 N–H and O–H groups in total. The summed E-state index contributed by atoms with van der Waals surface area (Å²) in [7, 11) is 1.80. The van der Waals surface area contributed by atoms with Crippen LogP contribution < -0.4 is 5.73 Å². The Bertz CT molecular complexity index is 550. The largest absolute Gasteiger partial charge is 0.394 e. The van der Waals surface area contributed by atoms with Crippen LogP contribution in [0.5, 0.6) is 0 Å². The number of rotatable bonds is 2. The highest BCUT2D eigenvalue weighted by Crippen LogP contribution is 2.37. The topological polar surface area (TPSA) is 88.9 Å². The number of hydrogen-bond acceptors (Lipinski definition) is 6. The molecule has 0 aliphatic carbocycles. The molecule has 102 valence electrons. The van der Waals surface area contributed by atoms with Crippen molar-refractivity contribution in [3.63, 3.8) is 0 Å². The Labute approximate surface area is 111 Å². The Morgan fingerprint density at radius 2 is 2.37 bits per heavy atom. The first-order valence-corrected chi connectivity index (χ1v) is 6.22. The number of nitrogens with two attached hydrogens (primary N) is 1. The fourth-order valence-corrected chi connectivity index (χ4v) is 2.39. The Morgan fingerprint density at radius 3 is 3.05 bits per heavy atom. The van der Waals surface area contributed by atoms with Gasteiger partial charge in [-0.3, -0.25) is 4.57 Å². The van der Waals surface area contributed by atoms with Crippen molar-refractivity contribution in [2.45, 2.75) is 25.2 Å². The van der Waals surface area contributed by atoms with E-state index in [-0.39, 0.29) is 18.9 Å². The number of imidazole rings is 1. The second kappa shape index (κ2) is 4.36. The van der Waals surface area contributed by atoms with E-state index in [1.54, 1.807) is 18.3 Å². The summed E-state index contributed by atoms with van der Waals surface area (Å²) in [6, 6.07) is 0. The molecule has 0 radical (unpaired) electrons. The van der Waals surface area contributed by atoms with E-state index in [1.807, 2.05) is 4.57 Å². The van der Waals surface area contributed by atoms with Gasteiger partial charge in [0, 0.05) is 7.05 Å². The molecule has 7 nitrogen and oxygen atoms in total. The Balaban J connectivity index is 1.96. The van der Waals surface area contributed by atoms with E-state index in [0.29, 0.717) is 17.5 Å². The predicted molar refractivity (Wildman–Crippen MR) is 70.5 cm³/mol. The van der Waals surface area contributed by atoms with Gasteiger partial charge in [-0.05, 0) is 12.8 Å². The number of nitrogens with zero attached hydrogens (tertiary/aromatic N) is 4. The number of aliphatic hydroxyl groups excluding tert-OH is 1. The van der Waals surface area contributed by atoms with E-state index in [0.717, 1.165) is 18.5 Å². The Hall–Kier alpha value is -1.86. The molecular formula is C12H17N5O2.